The van der Waals surface area contributed by atoms with Crippen molar-refractivity contribution in [3.63, 3.8) is 0 Å². The highest BCUT2D eigenvalue weighted by Gasteiger charge is 2.15. The molecule has 0 aliphatic heterocycles. The van der Waals surface area contributed by atoms with Gasteiger partial charge in [0.15, 0.2) is 0 Å². The summed E-state index contributed by atoms with van der Waals surface area (Å²) < 4.78 is 39.4. The van der Waals surface area contributed by atoms with E-state index >= 15 is 0 Å². The lowest BCUT2D eigenvalue weighted by Gasteiger charge is -2.08. The van der Waals surface area contributed by atoms with Gasteiger partial charge in [-0.3, -0.25) is 4.72 Å². The molecule has 0 unspecified atom stereocenters. The first kappa shape index (κ1) is 14.1. The van der Waals surface area contributed by atoms with E-state index in [1.165, 1.54) is 12.1 Å². The van der Waals surface area contributed by atoms with E-state index < -0.39 is 15.8 Å². The third-order valence-electron chi connectivity index (χ3n) is 2.30. The van der Waals surface area contributed by atoms with Gasteiger partial charge in [-0.1, -0.05) is 23.2 Å². The molecule has 0 fully saturated rings. The SMILES string of the molecule is O=S(=O)(Nc1ccc(Cl)cc1)c1ccc(F)c(Cl)c1. The van der Waals surface area contributed by atoms with E-state index in [4.69, 9.17) is 23.2 Å². The molecular formula is C12H8Cl2FNO2S. The maximum Gasteiger partial charge on any atom is 0.261 e. The summed E-state index contributed by atoms with van der Waals surface area (Å²) in [6.45, 7) is 0. The summed E-state index contributed by atoms with van der Waals surface area (Å²) in [6, 6.07) is 9.33. The third kappa shape index (κ3) is 3.37. The van der Waals surface area contributed by atoms with Crippen molar-refractivity contribution in [2.24, 2.45) is 0 Å². The highest BCUT2D eigenvalue weighted by atomic mass is 35.5. The quantitative estimate of drug-likeness (QED) is 0.931. The van der Waals surface area contributed by atoms with E-state index in [1.54, 1.807) is 12.1 Å². The van der Waals surface area contributed by atoms with Crippen LogP contribution in [0.25, 0.3) is 0 Å². The van der Waals surface area contributed by atoms with Crippen LogP contribution in [0.15, 0.2) is 47.4 Å². The number of rotatable bonds is 3. The van der Waals surface area contributed by atoms with E-state index in [1.807, 2.05) is 0 Å². The van der Waals surface area contributed by atoms with Crippen molar-refractivity contribution < 1.29 is 12.8 Å². The van der Waals surface area contributed by atoms with E-state index in [2.05, 4.69) is 4.72 Å². The van der Waals surface area contributed by atoms with Crippen molar-refractivity contribution in [3.8, 4) is 0 Å². The smallest absolute Gasteiger partial charge is 0.261 e. The van der Waals surface area contributed by atoms with Crippen molar-refractivity contribution in [2.45, 2.75) is 4.90 Å². The molecule has 0 saturated heterocycles. The Morgan fingerprint density at radius 1 is 1.00 bits per heavy atom. The Kier molecular flexibility index (Phi) is 3.99. The van der Waals surface area contributed by atoms with Gasteiger partial charge in [-0.05, 0) is 42.5 Å². The normalized spacial score (nSPS) is 11.3. The molecule has 0 aromatic heterocycles. The van der Waals surface area contributed by atoms with E-state index in [0.717, 1.165) is 18.2 Å². The highest BCUT2D eigenvalue weighted by Crippen LogP contribution is 2.22. The number of halogens is 3. The van der Waals surface area contributed by atoms with Gasteiger partial charge in [0.05, 0.1) is 9.92 Å². The van der Waals surface area contributed by atoms with Crippen molar-refractivity contribution in [1.82, 2.24) is 0 Å². The average molecular weight is 320 g/mol. The minimum atomic E-state index is -3.81. The Balaban J connectivity index is 2.32. The lowest BCUT2D eigenvalue weighted by Crippen LogP contribution is -2.12. The van der Waals surface area contributed by atoms with Crippen LogP contribution in [0.3, 0.4) is 0 Å². The zero-order valence-electron chi connectivity index (χ0n) is 9.40. The van der Waals surface area contributed by atoms with Crippen LogP contribution in [0.1, 0.15) is 0 Å². The van der Waals surface area contributed by atoms with Crippen LogP contribution in [0.4, 0.5) is 10.1 Å². The molecule has 0 heterocycles. The molecular weight excluding hydrogens is 312 g/mol. The van der Waals surface area contributed by atoms with Crippen LogP contribution < -0.4 is 4.72 Å². The molecule has 0 saturated carbocycles. The summed E-state index contributed by atoms with van der Waals surface area (Å²) in [5, 5.41) is 0.242. The minimum absolute atomic E-state index is 0.117. The molecule has 0 radical (unpaired) electrons. The summed E-state index contributed by atoms with van der Waals surface area (Å²) in [6.07, 6.45) is 0. The summed E-state index contributed by atoms with van der Waals surface area (Å²) in [4.78, 5) is -0.117. The molecule has 0 amide bonds. The van der Waals surface area contributed by atoms with Crippen molar-refractivity contribution >= 4 is 38.9 Å². The fourth-order valence-corrected chi connectivity index (χ4v) is 2.83. The molecule has 0 aliphatic rings. The Morgan fingerprint density at radius 2 is 1.63 bits per heavy atom. The fraction of sp³-hybridized carbons (Fsp3) is 0. The molecule has 100 valence electrons. The molecule has 0 spiro atoms. The van der Waals surface area contributed by atoms with Gasteiger partial charge >= 0.3 is 0 Å². The molecule has 19 heavy (non-hydrogen) atoms. The number of nitrogens with one attached hydrogen (secondary N) is 1. The van der Waals surface area contributed by atoms with Gasteiger partial charge in [0.25, 0.3) is 10.0 Å². The van der Waals surface area contributed by atoms with Gasteiger partial charge in [-0.25, -0.2) is 12.8 Å². The summed E-state index contributed by atoms with van der Waals surface area (Å²) >= 11 is 11.3. The second-order valence-corrected chi connectivity index (χ2v) is 6.21. The maximum atomic E-state index is 13.0. The average Bonchev–Trinajstić information content (AvgIpc) is 2.35. The Hall–Kier alpha value is -1.30. The lowest BCUT2D eigenvalue weighted by molar-refractivity contribution is 0.599. The molecule has 0 atom stereocenters. The van der Waals surface area contributed by atoms with Crippen LogP contribution in [0.5, 0.6) is 0 Å². The van der Waals surface area contributed by atoms with Crippen LogP contribution in [-0.4, -0.2) is 8.42 Å². The first-order valence-electron chi connectivity index (χ1n) is 5.12. The topological polar surface area (TPSA) is 46.2 Å². The molecule has 2 rings (SSSR count). The zero-order valence-corrected chi connectivity index (χ0v) is 11.7. The van der Waals surface area contributed by atoms with Crippen LogP contribution in [-0.2, 0) is 10.0 Å². The summed E-state index contributed by atoms with van der Waals surface area (Å²) in [7, 11) is -3.81. The highest BCUT2D eigenvalue weighted by molar-refractivity contribution is 7.92. The Bertz CT molecular complexity index is 702. The number of sulfonamides is 1. The summed E-state index contributed by atoms with van der Waals surface area (Å²) in [5.74, 6) is -0.674. The van der Waals surface area contributed by atoms with E-state index in [-0.39, 0.29) is 9.92 Å². The maximum absolute atomic E-state index is 13.0. The van der Waals surface area contributed by atoms with Gasteiger partial charge in [0.2, 0.25) is 0 Å². The number of hydrogen-bond acceptors (Lipinski definition) is 2. The standard InChI is InChI=1S/C12H8Cl2FNO2S/c13-8-1-3-9(4-2-8)16-19(17,18)10-5-6-12(15)11(14)7-10/h1-7,16H. The second-order valence-electron chi connectivity index (χ2n) is 3.69. The van der Waals surface area contributed by atoms with Gasteiger partial charge in [-0.2, -0.15) is 0 Å². The zero-order chi connectivity index (χ0) is 14.0. The predicted molar refractivity (Wildman–Crippen MR) is 73.7 cm³/mol. The van der Waals surface area contributed by atoms with Gasteiger partial charge in [0, 0.05) is 10.7 Å². The largest absolute Gasteiger partial charge is 0.280 e. The van der Waals surface area contributed by atoms with Crippen molar-refractivity contribution in [3.05, 3.63) is 58.3 Å². The van der Waals surface area contributed by atoms with E-state index in [9.17, 15) is 12.8 Å². The molecule has 0 aliphatic carbocycles. The molecule has 2 aromatic carbocycles. The third-order valence-corrected chi connectivity index (χ3v) is 4.22. The number of anilines is 1. The Labute approximate surface area is 120 Å². The van der Waals surface area contributed by atoms with Crippen LogP contribution >= 0.6 is 23.2 Å². The van der Waals surface area contributed by atoms with Gasteiger partial charge < -0.3 is 0 Å². The second kappa shape index (κ2) is 5.36. The first-order valence-corrected chi connectivity index (χ1v) is 7.36. The van der Waals surface area contributed by atoms with E-state index in [0.29, 0.717) is 10.7 Å². The van der Waals surface area contributed by atoms with Gasteiger partial charge in [-0.15, -0.1) is 0 Å². The minimum Gasteiger partial charge on any atom is -0.280 e. The molecule has 0 bridgehead atoms. The fourth-order valence-electron chi connectivity index (χ4n) is 1.38. The monoisotopic (exact) mass is 319 g/mol. The predicted octanol–water partition coefficient (Wildman–Crippen LogP) is 3.93. The molecule has 2 aromatic rings. The number of benzene rings is 2. The molecule has 1 N–H and O–H groups in total. The van der Waals surface area contributed by atoms with Crippen molar-refractivity contribution in [2.75, 3.05) is 4.72 Å². The first-order chi connectivity index (χ1) is 8.88. The summed E-state index contributed by atoms with van der Waals surface area (Å²) in [5.41, 5.74) is 0.352. The lowest BCUT2D eigenvalue weighted by atomic mass is 10.3. The van der Waals surface area contributed by atoms with Crippen molar-refractivity contribution in [1.29, 1.82) is 0 Å². The van der Waals surface area contributed by atoms with Gasteiger partial charge in [0.1, 0.15) is 5.82 Å². The molecule has 3 nitrogen and oxygen atoms in total. The van der Waals surface area contributed by atoms with Crippen LogP contribution in [0, 0.1) is 5.82 Å². The Morgan fingerprint density at radius 3 is 2.21 bits per heavy atom. The number of hydrogen-bond donors (Lipinski definition) is 1. The molecule has 7 heteroatoms. The van der Waals surface area contributed by atoms with Crippen LogP contribution in [0.2, 0.25) is 10.0 Å².